The average molecular weight is 327 g/mol. The number of hydrogen-bond acceptors (Lipinski definition) is 3. The summed E-state index contributed by atoms with van der Waals surface area (Å²) in [6.45, 7) is 10.2. The Morgan fingerprint density at radius 3 is 2.43 bits per heavy atom. The second-order valence-electron chi connectivity index (χ2n) is 6.87. The van der Waals surface area contributed by atoms with Crippen molar-refractivity contribution in [1.29, 1.82) is 0 Å². The topological polar surface area (TPSA) is 48.9 Å². The summed E-state index contributed by atoms with van der Waals surface area (Å²) < 4.78 is 5.78. The van der Waals surface area contributed by atoms with Gasteiger partial charge in [-0.2, -0.15) is 0 Å². The lowest BCUT2D eigenvalue weighted by Crippen LogP contribution is -2.43. The molecule has 1 rings (SSSR count). The molecular formula is C18H38N4O. The molecule has 0 spiro atoms. The molecule has 0 radical (unpaired) electrons. The number of nitrogens with one attached hydrogen (secondary N) is 2. The predicted octanol–water partition coefficient (Wildman–Crippen LogP) is 2.48. The maximum Gasteiger partial charge on any atom is 0.191 e. The number of nitrogens with zero attached hydrogens (tertiary/aromatic N) is 2. The van der Waals surface area contributed by atoms with Crippen LogP contribution in [0.2, 0.25) is 0 Å². The third kappa shape index (κ3) is 8.02. The van der Waals surface area contributed by atoms with Crippen molar-refractivity contribution >= 4 is 5.96 Å². The third-order valence-electron chi connectivity index (χ3n) is 4.77. The van der Waals surface area contributed by atoms with Crippen LogP contribution in [0.1, 0.15) is 52.9 Å². The van der Waals surface area contributed by atoms with Gasteiger partial charge in [0.2, 0.25) is 0 Å². The van der Waals surface area contributed by atoms with Gasteiger partial charge in [-0.25, -0.2) is 0 Å². The Bertz CT molecular complexity index is 327. The zero-order valence-electron chi connectivity index (χ0n) is 15.9. The minimum Gasteiger partial charge on any atom is -0.378 e. The summed E-state index contributed by atoms with van der Waals surface area (Å²) in [6, 6.07) is 0.782. The molecule has 0 bridgehead atoms. The van der Waals surface area contributed by atoms with E-state index in [1.54, 1.807) is 0 Å². The first-order chi connectivity index (χ1) is 11.1. The summed E-state index contributed by atoms with van der Waals surface area (Å²) in [6.07, 6.45) is 6.83. The first-order valence-electron chi connectivity index (χ1n) is 9.34. The van der Waals surface area contributed by atoms with E-state index in [1.807, 2.05) is 7.05 Å². The van der Waals surface area contributed by atoms with E-state index in [1.165, 1.54) is 25.7 Å². The molecule has 0 aliphatic heterocycles. The molecule has 1 unspecified atom stereocenters. The van der Waals surface area contributed by atoms with E-state index < -0.39 is 0 Å². The smallest absolute Gasteiger partial charge is 0.191 e. The van der Waals surface area contributed by atoms with E-state index in [0.717, 1.165) is 44.7 Å². The second-order valence-corrected chi connectivity index (χ2v) is 6.87. The zero-order valence-corrected chi connectivity index (χ0v) is 15.9. The molecule has 0 saturated heterocycles. The summed E-state index contributed by atoms with van der Waals surface area (Å²) in [4.78, 5) is 6.79. The third-order valence-corrected chi connectivity index (χ3v) is 4.77. The fourth-order valence-corrected chi connectivity index (χ4v) is 3.25. The summed E-state index contributed by atoms with van der Waals surface area (Å²) in [5, 5.41) is 6.81. The molecule has 0 aromatic carbocycles. The quantitative estimate of drug-likeness (QED) is 0.478. The van der Waals surface area contributed by atoms with Gasteiger partial charge in [0, 0.05) is 39.3 Å². The van der Waals surface area contributed by atoms with Crippen molar-refractivity contribution in [2.24, 2.45) is 10.9 Å². The number of guanidine groups is 1. The Kier molecular flexibility index (Phi) is 10.3. The number of likely N-dealkylation sites (N-methyl/N-ethyl adjacent to an activating group) is 1. The highest BCUT2D eigenvalue weighted by Gasteiger charge is 2.19. The Balaban J connectivity index is 2.18. The molecule has 0 heterocycles. The maximum absolute atomic E-state index is 5.78. The summed E-state index contributed by atoms with van der Waals surface area (Å²) in [7, 11) is 4.07. The SMILES string of the molecule is CCOC(CCNC(=NC)NCCN(C)C1CCCC1)C(C)C. The number of ether oxygens (including phenoxy) is 1. The van der Waals surface area contributed by atoms with Crippen LogP contribution < -0.4 is 10.6 Å². The van der Waals surface area contributed by atoms with Crippen LogP contribution >= 0.6 is 0 Å². The second kappa shape index (κ2) is 11.7. The van der Waals surface area contributed by atoms with Crippen molar-refractivity contribution in [1.82, 2.24) is 15.5 Å². The van der Waals surface area contributed by atoms with Crippen molar-refractivity contribution in [3.05, 3.63) is 0 Å². The molecule has 0 aromatic heterocycles. The van der Waals surface area contributed by atoms with Crippen molar-refractivity contribution in [2.75, 3.05) is 40.3 Å². The van der Waals surface area contributed by atoms with Crippen LogP contribution in [0, 0.1) is 5.92 Å². The molecule has 1 saturated carbocycles. The van der Waals surface area contributed by atoms with Gasteiger partial charge in [0.25, 0.3) is 0 Å². The molecule has 23 heavy (non-hydrogen) atoms. The van der Waals surface area contributed by atoms with Gasteiger partial charge < -0.3 is 20.3 Å². The van der Waals surface area contributed by atoms with Gasteiger partial charge in [0.1, 0.15) is 0 Å². The van der Waals surface area contributed by atoms with Crippen LogP contribution in [-0.2, 0) is 4.74 Å². The Hall–Kier alpha value is -0.810. The first kappa shape index (κ1) is 20.2. The molecule has 1 aliphatic carbocycles. The number of aliphatic imine (C=N–C) groups is 1. The predicted molar refractivity (Wildman–Crippen MR) is 99.1 cm³/mol. The van der Waals surface area contributed by atoms with Crippen LogP contribution in [0.3, 0.4) is 0 Å². The van der Waals surface area contributed by atoms with E-state index in [-0.39, 0.29) is 0 Å². The normalized spacial score (nSPS) is 18.0. The summed E-state index contributed by atoms with van der Waals surface area (Å²) in [5.41, 5.74) is 0. The summed E-state index contributed by atoms with van der Waals surface area (Å²) >= 11 is 0. The van der Waals surface area contributed by atoms with Gasteiger partial charge in [-0.05, 0) is 39.2 Å². The lowest BCUT2D eigenvalue weighted by molar-refractivity contribution is 0.0258. The molecule has 5 nitrogen and oxygen atoms in total. The molecular weight excluding hydrogens is 288 g/mol. The largest absolute Gasteiger partial charge is 0.378 e. The lowest BCUT2D eigenvalue weighted by atomic mass is 10.0. The van der Waals surface area contributed by atoms with E-state index in [2.05, 4.69) is 48.3 Å². The molecule has 0 amide bonds. The fourth-order valence-electron chi connectivity index (χ4n) is 3.25. The van der Waals surface area contributed by atoms with Crippen molar-refractivity contribution < 1.29 is 4.74 Å². The zero-order chi connectivity index (χ0) is 17.1. The fraction of sp³-hybridized carbons (Fsp3) is 0.944. The van der Waals surface area contributed by atoms with Crippen LogP contribution in [0.5, 0.6) is 0 Å². The van der Waals surface area contributed by atoms with Gasteiger partial charge in [-0.1, -0.05) is 26.7 Å². The van der Waals surface area contributed by atoms with E-state index in [4.69, 9.17) is 4.74 Å². The van der Waals surface area contributed by atoms with Crippen molar-refractivity contribution in [3.63, 3.8) is 0 Å². The molecule has 1 atom stereocenters. The highest BCUT2D eigenvalue weighted by molar-refractivity contribution is 5.79. The van der Waals surface area contributed by atoms with E-state index in [9.17, 15) is 0 Å². The van der Waals surface area contributed by atoms with Gasteiger partial charge in [-0.3, -0.25) is 4.99 Å². The number of rotatable bonds is 10. The van der Waals surface area contributed by atoms with Crippen LogP contribution in [0.4, 0.5) is 0 Å². The minimum atomic E-state index is 0.319. The molecule has 1 fully saturated rings. The molecule has 1 aliphatic rings. The Labute approximate surface area is 143 Å². The standard InChI is InChI=1S/C18H38N4O/c1-6-23-17(15(2)3)11-12-20-18(19-4)21-13-14-22(5)16-9-7-8-10-16/h15-17H,6-14H2,1-5H3,(H2,19,20,21). The van der Waals surface area contributed by atoms with Gasteiger partial charge in [0.15, 0.2) is 5.96 Å². The Morgan fingerprint density at radius 1 is 1.22 bits per heavy atom. The van der Waals surface area contributed by atoms with Crippen LogP contribution in [0.15, 0.2) is 4.99 Å². The first-order valence-corrected chi connectivity index (χ1v) is 9.34. The van der Waals surface area contributed by atoms with E-state index in [0.29, 0.717) is 12.0 Å². The molecule has 136 valence electrons. The van der Waals surface area contributed by atoms with Gasteiger partial charge >= 0.3 is 0 Å². The van der Waals surface area contributed by atoms with Gasteiger partial charge in [-0.15, -0.1) is 0 Å². The van der Waals surface area contributed by atoms with Crippen molar-refractivity contribution in [3.8, 4) is 0 Å². The highest BCUT2D eigenvalue weighted by atomic mass is 16.5. The average Bonchev–Trinajstić information content (AvgIpc) is 3.06. The van der Waals surface area contributed by atoms with Gasteiger partial charge in [0.05, 0.1) is 6.10 Å². The van der Waals surface area contributed by atoms with E-state index >= 15 is 0 Å². The van der Waals surface area contributed by atoms with Crippen molar-refractivity contribution in [2.45, 2.75) is 65.0 Å². The lowest BCUT2D eigenvalue weighted by Gasteiger charge is -2.25. The number of hydrogen-bond donors (Lipinski definition) is 2. The van der Waals surface area contributed by atoms with Crippen LogP contribution in [0.25, 0.3) is 0 Å². The molecule has 0 aromatic rings. The molecule has 2 N–H and O–H groups in total. The van der Waals surface area contributed by atoms with Crippen LogP contribution in [-0.4, -0.2) is 63.3 Å². The monoisotopic (exact) mass is 326 g/mol. The maximum atomic E-state index is 5.78. The summed E-state index contributed by atoms with van der Waals surface area (Å²) in [5.74, 6) is 1.44. The molecule has 5 heteroatoms. The minimum absolute atomic E-state index is 0.319. The Morgan fingerprint density at radius 2 is 1.87 bits per heavy atom. The highest BCUT2D eigenvalue weighted by Crippen LogP contribution is 2.21.